The molecule has 0 bridgehead atoms. The number of carbonyl (C=O) groups excluding carboxylic acids is 1. The molecule has 0 saturated carbocycles. The van der Waals surface area contributed by atoms with Crippen LogP contribution in [0.25, 0.3) is 0 Å². The number of carbonyl (C=O) groups is 1. The number of nitrogens with two attached hydrogens (primary N) is 1. The third kappa shape index (κ3) is 2.42. The number of aliphatic imine (C=N–C) groups is 1. The minimum Gasteiger partial charge on any atom is -0.385 e. The van der Waals surface area contributed by atoms with E-state index in [-0.39, 0.29) is 12.6 Å². The molecule has 0 aliphatic carbocycles. The summed E-state index contributed by atoms with van der Waals surface area (Å²) >= 11 is 5.85. The number of terminal acetylenes is 1. The zero-order valence-corrected chi connectivity index (χ0v) is 11.3. The minimum atomic E-state index is -0.683. The molecule has 1 aliphatic rings. The lowest BCUT2D eigenvalue weighted by atomic mass is 9.90. The van der Waals surface area contributed by atoms with Gasteiger partial charge in [0.2, 0.25) is 0 Å². The number of halogens is 1. The Balaban J connectivity index is 2.29. The largest absolute Gasteiger partial charge is 0.385 e. The lowest BCUT2D eigenvalue weighted by Gasteiger charge is -2.33. The van der Waals surface area contributed by atoms with Gasteiger partial charge in [0, 0.05) is 11.4 Å². The van der Waals surface area contributed by atoms with Gasteiger partial charge in [0.05, 0.1) is 6.54 Å². The van der Waals surface area contributed by atoms with E-state index >= 15 is 0 Å². The Bertz CT molecular complexity index is 573. The molecule has 1 unspecified atom stereocenters. The molecule has 1 aromatic carbocycles. The van der Waals surface area contributed by atoms with Crippen LogP contribution in [0, 0.1) is 12.3 Å². The first-order chi connectivity index (χ1) is 8.97. The summed E-state index contributed by atoms with van der Waals surface area (Å²) in [6, 6.07) is 7.02. The monoisotopic (exact) mass is 275 g/mol. The second-order valence-electron chi connectivity index (χ2n) is 4.65. The van der Waals surface area contributed by atoms with E-state index in [2.05, 4.69) is 10.9 Å². The molecule has 0 saturated heterocycles. The number of hydrogen-bond acceptors (Lipinski definition) is 2. The first-order valence-electron chi connectivity index (χ1n) is 5.81. The second kappa shape index (κ2) is 4.94. The van der Waals surface area contributed by atoms with Crippen molar-refractivity contribution in [2.75, 3.05) is 6.54 Å². The maximum atomic E-state index is 11.8. The quantitative estimate of drug-likeness (QED) is 0.859. The molecule has 2 amide bonds. The topological polar surface area (TPSA) is 58.7 Å². The third-order valence-corrected chi connectivity index (χ3v) is 3.56. The summed E-state index contributed by atoms with van der Waals surface area (Å²) in [4.78, 5) is 17.1. The van der Waals surface area contributed by atoms with E-state index in [0.717, 1.165) is 5.56 Å². The van der Waals surface area contributed by atoms with Crippen molar-refractivity contribution in [1.82, 2.24) is 4.90 Å². The summed E-state index contributed by atoms with van der Waals surface area (Å²) in [5.41, 5.74) is 6.23. The van der Waals surface area contributed by atoms with Crippen LogP contribution in [-0.2, 0) is 6.42 Å². The number of nitrogens with zero attached hydrogens (tertiary/aromatic N) is 2. The lowest BCUT2D eigenvalue weighted by molar-refractivity contribution is 0.188. The summed E-state index contributed by atoms with van der Waals surface area (Å²) < 4.78 is 0. The molecule has 0 aromatic heterocycles. The Kier molecular flexibility index (Phi) is 3.50. The van der Waals surface area contributed by atoms with Crippen LogP contribution in [0.5, 0.6) is 0 Å². The fourth-order valence-corrected chi connectivity index (χ4v) is 2.28. The molecule has 98 valence electrons. The van der Waals surface area contributed by atoms with Crippen LogP contribution < -0.4 is 5.73 Å². The highest BCUT2D eigenvalue weighted by atomic mass is 35.5. The number of urea groups is 1. The van der Waals surface area contributed by atoms with E-state index in [9.17, 15) is 4.79 Å². The molecule has 2 N–H and O–H groups in total. The first-order valence-corrected chi connectivity index (χ1v) is 6.19. The van der Waals surface area contributed by atoms with Gasteiger partial charge in [-0.05, 0) is 24.6 Å². The van der Waals surface area contributed by atoms with Gasteiger partial charge < -0.3 is 5.73 Å². The third-order valence-electron chi connectivity index (χ3n) is 3.31. The SMILES string of the molecule is C#CCN1C(=O)N=C(N)C1(C)Cc1ccc(Cl)cc1. The highest BCUT2D eigenvalue weighted by Gasteiger charge is 2.44. The van der Waals surface area contributed by atoms with Crippen LogP contribution in [0.15, 0.2) is 29.3 Å². The van der Waals surface area contributed by atoms with Crippen molar-refractivity contribution in [3.8, 4) is 12.3 Å². The zero-order valence-electron chi connectivity index (χ0n) is 10.6. The molecule has 0 fully saturated rings. The maximum Gasteiger partial charge on any atom is 0.346 e. The van der Waals surface area contributed by atoms with E-state index in [1.165, 1.54) is 4.90 Å². The molecule has 0 spiro atoms. The van der Waals surface area contributed by atoms with Gasteiger partial charge in [-0.15, -0.1) is 6.42 Å². The van der Waals surface area contributed by atoms with Gasteiger partial charge in [-0.3, -0.25) is 4.90 Å². The molecule has 4 nitrogen and oxygen atoms in total. The van der Waals surface area contributed by atoms with Crippen molar-refractivity contribution in [3.05, 3.63) is 34.9 Å². The summed E-state index contributed by atoms with van der Waals surface area (Å²) in [7, 11) is 0. The number of amides is 2. The van der Waals surface area contributed by atoms with Crippen LogP contribution >= 0.6 is 11.6 Å². The van der Waals surface area contributed by atoms with Crippen LogP contribution in [-0.4, -0.2) is 28.9 Å². The second-order valence-corrected chi connectivity index (χ2v) is 5.08. The van der Waals surface area contributed by atoms with Crippen LogP contribution in [0.1, 0.15) is 12.5 Å². The molecular formula is C14H14ClN3O. The zero-order chi connectivity index (χ0) is 14.0. The fraction of sp³-hybridized carbons (Fsp3) is 0.286. The Morgan fingerprint density at radius 2 is 2.11 bits per heavy atom. The predicted molar refractivity (Wildman–Crippen MR) is 76.1 cm³/mol. The maximum absolute atomic E-state index is 11.8. The van der Waals surface area contributed by atoms with Crippen molar-refractivity contribution >= 4 is 23.5 Å². The van der Waals surface area contributed by atoms with Crippen LogP contribution in [0.2, 0.25) is 5.02 Å². The molecule has 0 radical (unpaired) electrons. The number of rotatable bonds is 3. The Morgan fingerprint density at radius 3 is 2.68 bits per heavy atom. The molecule has 1 heterocycles. The van der Waals surface area contributed by atoms with Gasteiger partial charge in [0.1, 0.15) is 11.4 Å². The molecular weight excluding hydrogens is 262 g/mol. The van der Waals surface area contributed by atoms with E-state index in [0.29, 0.717) is 17.3 Å². The van der Waals surface area contributed by atoms with Gasteiger partial charge >= 0.3 is 6.03 Å². The summed E-state index contributed by atoms with van der Waals surface area (Å²) in [5, 5.41) is 0.665. The van der Waals surface area contributed by atoms with Crippen LogP contribution in [0.3, 0.4) is 0 Å². The van der Waals surface area contributed by atoms with E-state index in [4.69, 9.17) is 23.8 Å². The molecule has 1 atom stereocenters. The highest BCUT2D eigenvalue weighted by Crippen LogP contribution is 2.27. The van der Waals surface area contributed by atoms with E-state index < -0.39 is 5.54 Å². The highest BCUT2D eigenvalue weighted by molar-refractivity contribution is 6.30. The summed E-state index contributed by atoms with van der Waals surface area (Å²) in [6.45, 7) is 2.05. The molecule has 5 heteroatoms. The first kappa shape index (κ1) is 13.4. The number of hydrogen-bond donors (Lipinski definition) is 1. The van der Waals surface area contributed by atoms with Crippen molar-refractivity contribution in [1.29, 1.82) is 0 Å². The van der Waals surface area contributed by atoms with Gasteiger partial charge in [-0.25, -0.2) is 4.79 Å². The fourth-order valence-electron chi connectivity index (χ4n) is 2.15. The summed E-state index contributed by atoms with van der Waals surface area (Å²) in [6.07, 6.45) is 5.85. The predicted octanol–water partition coefficient (Wildman–Crippen LogP) is 2.07. The van der Waals surface area contributed by atoms with Gasteiger partial charge in [-0.1, -0.05) is 29.7 Å². The standard InChI is InChI=1S/C14H14ClN3O/c1-3-8-18-13(19)17-12(16)14(18,2)9-10-4-6-11(15)7-5-10/h1,4-7H,8-9H2,2H3,(H2,16,17,19). The summed E-state index contributed by atoms with van der Waals surface area (Å²) in [5.74, 6) is 2.76. The number of benzene rings is 1. The van der Waals surface area contributed by atoms with E-state index in [1.807, 2.05) is 19.1 Å². The van der Waals surface area contributed by atoms with Crippen LogP contribution in [0.4, 0.5) is 4.79 Å². The molecule has 1 aromatic rings. The molecule has 1 aliphatic heterocycles. The normalized spacial score (nSPS) is 22.3. The van der Waals surface area contributed by atoms with Gasteiger partial charge in [-0.2, -0.15) is 4.99 Å². The van der Waals surface area contributed by atoms with Crippen molar-refractivity contribution in [2.45, 2.75) is 18.9 Å². The average Bonchev–Trinajstić information content (AvgIpc) is 2.57. The average molecular weight is 276 g/mol. The van der Waals surface area contributed by atoms with Crippen molar-refractivity contribution in [2.24, 2.45) is 10.7 Å². The van der Waals surface area contributed by atoms with Gasteiger partial charge in [0.25, 0.3) is 0 Å². The minimum absolute atomic E-state index is 0.188. The smallest absolute Gasteiger partial charge is 0.346 e. The van der Waals surface area contributed by atoms with E-state index in [1.54, 1.807) is 12.1 Å². The lowest BCUT2D eigenvalue weighted by Crippen LogP contribution is -2.53. The Labute approximate surface area is 117 Å². The molecule has 19 heavy (non-hydrogen) atoms. The van der Waals surface area contributed by atoms with Crippen molar-refractivity contribution < 1.29 is 4.79 Å². The van der Waals surface area contributed by atoms with Crippen molar-refractivity contribution in [3.63, 3.8) is 0 Å². The molecule has 2 rings (SSSR count). The Morgan fingerprint density at radius 1 is 1.47 bits per heavy atom. The Hall–Kier alpha value is -1.99. The number of amidine groups is 1. The van der Waals surface area contributed by atoms with Gasteiger partial charge in [0.15, 0.2) is 0 Å².